The Bertz CT molecular complexity index is 338. The summed E-state index contributed by atoms with van der Waals surface area (Å²) >= 11 is 0. The van der Waals surface area contributed by atoms with Gasteiger partial charge in [-0.3, -0.25) is 9.36 Å². The van der Waals surface area contributed by atoms with Crippen LogP contribution in [0.25, 0.3) is 0 Å². The van der Waals surface area contributed by atoms with E-state index in [0.717, 1.165) is 0 Å². The van der Waals surface area contributed by atoms with Gasteiger partial charge in [-0.15, -0.1) is 0 Å². The highest BCUT2D eigenvalue weighted by molar-refractivity contribution is 7.51. The van der Waals surface area contributed by atoms with Crippen molar-refractivity contribution in [3.8, 4) is 0 Å². The third-order valence-corrected chi connectivity index (χ3v) is 3.11. The van der Waals surface area contributed by atoms with Gasteiger partial charge in [0, 0.05) is 19.0 Å². The van der Waals surface area contributed by atoms with Crippen molar-refractivity contribution in [3.05, 3.63) is 36.4 Å². The van der Waals surface area contributed by atoms with Gasteiger partial charge in [0.05, 0.1) is 0 Å². The third-order valence-electron chi connectivity index (χ3n) is 2.22. The van der Waals surface area contributed by atoms with Gasteiger partial charge in [-0.25, -0.2) is 0 Å². The summed E-state index contributed by atoms with van der Waals surface area (Å²) in [7, 11) is -2.35. The normalized spacial score (nSPS) is 9.65. The SMILES string of the molecule is CCC(=O)CCCCP(=O)(O)O.CN.c1ccccc1. The van der Waals surface area contributed by atoms with Gasteiger partial charge in [-0.2, -0.15) is 0 Å². The van der Waals surface area contributed by atoms with Crippen LogP contribution in [0.4, 0.5) is 0 Å². The molecule has 0 heterocycles. The van der Waals surface area contributed by atoms with E-state index in [4.69, 9.17) is 9.79 Å². The second kappa shape index (κ2) is 14.4. The maximum absolute atomic E-state index is 10.7. The zero-order chi connectivity index (χ0) is 15.9. The Morgan fingerprint density at radius 2 is 1.40 bits per heavy atom. The first-order valence-electron chi connectivity index (χ1n) is 6.59. The first-order chi connectivity index (χ1) is 9.45. The fourth-order valence-electron chi connectivity index (χ4n) is 1.20. The minimum atomic E-state index is -3.85. The minimum Gasteiger partial charge on any atom is -0.333 e. The van der Waals surface area contributed by atoms with Crippen LogP contribution in [-0.2, 0) is 9.36 Å². The minimum absolute atomic E-state index is 0.107. The average molecular weight is 303 g/mol. The summed E-state index contributed by atoms with van der Waals surface area (Å²) in [6.45, 7) is 1.78. The molecule has 6 heteroatoms. The quantitative estimate of drug-likeness (QED) is 0.554. The van der Waals surface area contributed by atoms with E-state index in [0.29, 0.717) is 25.7 Å². The number of carbonyl (C=O) groups is 1. The lowest BCUT2D eigenvalue weighted by molar-refractivity contribution is -0.118. The number of ketones is 1. The Morgan fingerprint density at radius 1 is 1.00 bits per heavy atom. The van der Waals surface area contributed by atoms with Crippen LogP contribution in [-0.4, -0.2) is 28.8 Å². The molecule has 1 aromatic rings. The van der Waals surface area contributed by atoms with Crippen LogP contribution in [0.2, 0.25) is 0 Å². The molecule has 0 aromatic heterocycles. The number of Topliss-reactive ketones (excluding diaryl/α,β-unsaturated/α-hetero) is 1. The summed E-state index contributed by atoms with van der Waals surface area (Å²) in [5.41, 5.74) is 4.50. The molecule has 0 radical (unpaired) electrons. The Labute approximate surface area is 121 Å². The molecule has 0 amide bonds. The molecule has 0 spiro atoms. The van der Waals surface area contributed by atoms with Crippen molar-refractivity contribution in [1.82, 2.24) is 0 Å². The second-order valence-electron chi connectivity index (χ2n) is 3.89. The van der Waals surface area contributed by atoms with Gasteiger partial charge in [0.1, 0.15) is 5.78 Å². The molecule has 4 N–H and O–H groups in total. The van der Waals surface area contributed by atoms with Crippen molar-refractivity contribution in [2.45, 2.75) is 32.6 Å². The third kappa shape index (κ3) is 19.3. The predicted molar refractivity (Wildman–Crippen MR) is 82.6 cm³/mol. The summed E-state index contributed by atoms with van der Waals surface area (Å²) in [4.78, 5) is 27.7. The Hall–Kier alpha value is -1.00. The highest BCUT2D eigenvalue weighted by atomic mass is 31.2. The van der Waals surface area contributed by atoms with Crippen LogP contribution in [0, 0.1) is 0 Å². The summed E-state index contributed by atoms with van der Waals surface area (Å²) in [5.74, 6) is 0.153. The zero-order valence-corrected chi connectivity index (χ0v) is 13.1. The average Bonchev–Trinajstić information content (AvgIpc) is 2.47. The van der Waals surface area contributed by atoms with Gasteiger partial charge in [0.2, 0.25) is 0 Å². The first kappa shape index (κ1) is 21.3. The van der Waals surface area contributed by atoms with Gasteiger partial charge in [-0.1, -0.05) is 43.3 Å². The van der Waals surface area contributed by atoms with Crippen molar-refractivity contribution in [1.29, 1.82) is 0 Å². The molecule has 20 heavy (non-hydrogen) atoms. The maximum atomic E-state index is 10.7. The van der Waals surface area contributed by atoms with Gasteiger partial charge in [-0.05, 0) is 19.9 Å². The Balaban J connectivity index is 0. The summed E-state index contributed by atoms with van der Waals surface area (Å²) < 4.78 is 10.4. The molecule has 0 fully saturated rings. The topological polar surface area (TPSA) is 101 Å². The molecule has 1 aromatic carbocycles. The number of rotatable bonds is 6. The summed E-state index contributed by atoms with van der Waals surface area (Å²) in [6, 6.07) is 12.0. The molecule has 0 saturated heterocycles. The van der Waals surface area contributed by atoms with Crippen molar-refractivity contribution in [3.63, 3.8) is 0 Å². The number of nitrogens with two attached hydrogens (primary N) is 1. The molecule has 5 nitrogen and oxygen atoms in total. The molecule has 0 unspecified atom stereocenters. The fourth-order valence-corrected chi connectivity index (χ4v) is 1.84. The van der Waals surface area contributed by atoms with Gasteiger partial charge < -0.3 is 15.5 Å². The molecular weight excluding hydrogens is 277 g/mol. The Morgan fingerprint density at radius 3 is 1.70 bits per heavy atom. The predicted octanol–water partition coefficient (Wildman–Crippen LogP) is 2.58. The lowest BCUT2D eigenvalue weighted by Crippen LogP contribution is -1.96. The molecular formula is C14H26NO4P. The van der Waals surface area contributed by atoms with Crippen molar-refractivity contribution in [2.24, 2.45) is 5.73 Å². The van der Waals surface area contributed by atoms with E-state index in [1.807, 2.05) is 36.4 Å². The van der Waals surface area contributed by atoms with E-state index in [9.17, 15) is 9.36 Å². The lowest BCUT2D eigenvalue weighted by Gasteiger charge is -2.01. The van der Waals surface area contributed by atoms with Crippen molar-refractivity contribution >= 4 is 13.4 Å². The van der Waals surface area contributed by atoms with E-state index in [2.05, 4.69) is 5.73 Å². The first-order valence-corrected chi connectivity index (χ1v) is 8.39. The molecule has 1 rings (SSSR count). The number of unbranched alkanes of at least 4 members (excludes halogenated alkanes) is 1. The number of benzene rings is 1. The van der Waals surface area contributed by atoms with Crippen LogP contribution < -0.4 is 5.73 Å². The molecule has 0 aliphatic heterocycles. The van der Waals surface area contributed by atoms with Gasteiger partial charge >= 0.3 is 7.60 Å². The highest BCUT2D eigenvalue weighted by Gasteiger charge is 2.11. The van der Waals surface area contributed by atoms with Crippen molar-refractivity contribution < 1.29 is 19.1 Å². The van der Waals surface area contributed by atoms with E-state index in [1.165, 1.54) is 7.05 Å². The van der Waals surface area contributed by atoms with Crippen LogP contribution in [0.5, 0.6) is 0 Å². The number of hydrogen-bond donors (Lipinski definition) is 3. The molecule has 0 bridgehead atoms. The zero-order valence-electron chi connectivity index (χ0n) is 12.2. The summed E-state index contributed by atoms with van der Waals surface area (Å²) in [6.07, 6.45) is 1.85. The molecule has 0 atom stereocenters. The van der Waals surface area contributed by atoms with Crippen LogP contribution >= 0.6 is 7.60 Å². The summed E-state index contributed by atoms with van der Waals surface area (Å²) in [5, 5.41) is 0. The molecule has 0 aliphatic carbocycles. The second-order valence-corrected chi connectivity index (χ2v) is 5.67. The molecule has 0 saturated carbocycles. The lowest BCUT2D eigenvalue weighted by atomic mass is 10.1. The van der Waals surface area contributed by atoms with E-state index >= 15 is 0 Å². The highest BCUT2D eigenvalue weighted by Crippen LogP contribution is 2.35. The van der Waals surface area contributed by atoms with E-state index in [1.54, 1.807) is 6.92 Å². The number of hydrogen-bond acceptors (Lipinski definition) is 3. The van der Waals surface area contributed by atoms with E-state index < -0.39 is 7.60 Å². The monoisotopic (exact) mass is 303 g/mol. The smallest absolute Gasteiger partial charge is 0.325 e. The van der Waals surface area contributed by atoms with Crippen molar-refractivity contribution in [2.75, 3.05) is 13.2 Å². The number of carbonyl (C=O) groups excluding carboxylic acids is 1. The standard InChI is InChI=1S/C7H15O4P.C6H6.CH5N/c1-2-7(8)5-3-4-6-12(9,10)11;1-2-4-6-5-3-1;1-2/h2-6H2,1H3,(H2,9,10,11);1-6H;2H2,1H3. The van der Waals surface area contributed by atoms with Crippen LogP contribution in [0.3, 0.4) is 0 Å². The molecule has 0 aliphatic rings. The largest absolute Gasteiger partial charge is 0.333 e. The van der Waals surface area contributed by atoms with Crippen LogP contribution in [0.1, 0.15) is 32.6 Å². The van der Waals surface area contributed by atoms with E-state index in [-0.39, 0.29) is 11.9 Å². The Kier molecular flexibility index (Phi) is 15.3. The van der Waals surface area contributed by atoms with Gasteiger partial charge in [0.15, 0.2) is 0 Å². The van der Waals surface area contributed by atoms with Gasteiger partial charge in [0.25, 0.3) is 0 Å². The fraction of sp³-hybridized carbons (Fsp3) is 0.500. The maximum Gasteiger partial charge on any atom is 0.325 e. The van der Waals surface area contributed by atoms with Crippen LogP contribution in [0.15, 0.2) is 36.4 Å². The molecule has 116 valence electrons.